The molecule has 0 aliphatic carbocycles. The van der Waals surface area contributed by atoms with E-state index in [4.69, 9.17) is 5.14 Å². The molecule has 0 aliphatic rings. The Kier molecular flexibility index (Phi) is 5.03. The summed E-state index contributed by atoms with van der Waals surface area (Å²) >= 11 is 0. The number of imidazole rings is 1. The summed E-state index contributed by atoms with van der Waals surface area (Å²) in [6.45, 7) is 1.82. The number of sulfonamides is 1. The zero-order valence-electron chi connectivity index (χ0n) is 12.9. The van der Waals surface area contributed by atoms with Crippen LogP contribution in [0, 0.1) is 5.92 Å². The molecule has 0 spiro atoms. The van der Waals surface area contributed by atoms with Crippen LogP contribution in [-0.2, 0) is 21.2 Å². The maximum atomic E-state index is 11.4. The molecular weight excluding hydrogens is 320 g/mol. The van der Waals surface area contributed by atoms with Crippen LogP contribution in [0.25, 0.3) is 11.0 Å². The van der Waals surface area contributed by atoms with Crippen molar-refractivity contribution in [2.75, 3.05) is 7.05 Å². The standard InChI is InChI=1S/C14H20N4O4S/c1-8(12(19)7-14(20)16-2)5-13-17-10-4-3-9(23(15,21)22)6-11(10)18-13/h3-4,6,8,12,19H,5,7H2,1-2H3,(H,16,20)(H,17,18)(H2,15,21,22)/t8-,12+/m1/s1. The van der Waals surface area contributed by atoms with E-state index in [-0.39, 0.29) is 23.1 Å². The van der Waals surface area contributed by atoms with E-state index < -0.39 is 16.1 Å². The van der Waals surface area contributed by atoms with Gasteiger partial charge in [0.25, 0.3) is 0 Å². The number of aromatic amines is 1. The Morgan fingerprint density at radius 3 is 2.78 bits per heavy atom. The lowest BCUT2D eigenvalue weighted by Crippen LogP contribution is -2.29. The highest BCUT2D eigenvalue weighted by molar-refractivity contribution is 7.89. The normalized spacial score (nSPS) is 14.6. The van der Waals surface area contributed by atoms with E-state index in [0.717, 1.165) is 0 Å². The number of H-pyrrole nitrogens is 1. The van der Waals surface area contributed by atoms with E-state index in [1.54, 1.807) is 6.07 Å². The Morgan fingerprint density at radius 2 is 2.17 bits per heavy atom. The van der Waals surface area contributed by atoms with E-state index in [2.05, 4.69) is 15.3 Å². The molecule has 9 heteroatoms. The molecule has 2 aromatic rings. The molecule has 0 fully saturated rings. The fourth-order valence-electron chi connectivity index (χ4n) is 2.25. The van der Waals surface area contributed by atoms with Crippen LogP contribution in [-0.4, -0.2) is 42.6 Å². The monoisotopic (exact) mass is 340 g/mol. The van der Waals surface area contributed by atoms with Crippen LogP contribution in [0.3, 0.4) is 0 Å². The third-order valence-electron chi connectivity index (χ3n) is 3.68. The van der Waals surface area contributed by atoms with Crippen LogP contribution in [0.5, 0.6) is 0 Å². The number of nitrogens with zero attached hydrogens (tertiary/aromatic N) is 1. The largest absolute Gasteiger partial charge is 0.392 e. The lowest BCUT2D eigenvalue weighted by Gasteiger charge is -2.16. The molecule has 2 rings (SSSR count). The highest BCUT2D eigenvalue weighted by Crippen LogP contribution is 2.19. The van der Waals surface area contributed by atoms with Gasteiger partial charge in [0, 0.05) is 13.5 Å². The lowest BCUT2D eigenvalue weighted by atomic mass is 9.98. The molecule has 1 amide bonds. The van der Waals surface area contributed by atoms with Crippen molar-refractivity contribution in [3.63, 3.8) is 0 Å². The molecule has 0 aliphatic heterocycles. The van der Waals surface area contributed by atoms with Crippen molar-refractivity contribution < 1.29 is 18.3 Å². The van der Waals surface area contributed by atoms with Gasteiger partial charge in [-0.05, 0) is 24.1 Å². The predicted octanol–water partition coefficient (Wildman–Crippen LogP) is -0.114. The minimum atomic E-state index is -3.78. The van der Waals surface area contributed by atoms with E-state index in [1.165, 1.54) is 19.2 Å². The quantitative estimate of drug-likeness (QED) is 0.581. The zero-order valence-corrected chi connectivity index (χ0v) is 13.7. The first-order valence-electron chi connectivity index (χ1n) is 7.11. The maximum Gasteiger partial charge on any atom is 0.238 e. The van der Waals surface area contributed by atoms with Crippen LogP contribution < -0.4 is 10.5 Å². The summed E-state index contributed by atoms with van der Waals surface area (Å²) in [4.78, 5) is 18.7. The summed E-state index contributed by atoms with van der Waals surface area (Å²) in [6, 6.07) is 4.40. The molecule has 0 saturated carbocycles. The lowest BCUT2D eigenvalue weighted by molar-refractivity contribution is -0.123. The molecular formula is C14H20N4O4S. The van der Waals surface area contributed by atoms with Crippen molar-refractivity contribution in [2.45, 2.75) is 30.8 Å². The van der Waals surface area contributed by atoms with Crippen molar-refractivity contribution in [1.29, 1.82) is 0 Å². The van der Waals surface area contributed by atoms with Gasteiger partial charge in [-0.25, -0.2) is 18.5 Å². The van der Waals surface area contributed by atoms with Crippen LogP contribution in [0.1, 0.15) is 19.2 Å². The molecule has 2 atom stereocenters. The van der Waals surface area contributed by atoms with E-state index in [0.29, 0.717) is 23.3 Å². The minimum Gasteiger partial charge on any atom is -0.392 e. The smallest absolute Gasteiger partial charge is 0.238 e. The van der Waals surface area contributed by atoms with E-state index in [1.807, 2.05) is 6.92 Å². The van der Waals surface area contributed by atoms with E-state index in [9.17, 15) is 18.3 Å². The molecule has 8 nitrogen and oxygen atoms in total. The number of nitrogens with two attached hydrogens (primary N) is 1. The highest BCUT2D eigenvalue weighted by atomic mass is 32.2. The van der Waals surface area contributed by atoms with Crippen molar-refractivity contribution in [3.05, 3.63) is 24.0 Å². The van der Waals surface area contributed by atoms with Crippen molar-refractivity contribution in [1.82, 2.24) is 15.3 Å². The van der Waals surface area contributed by atoms with Crippen molar-refractivity contribution in [2.24, 2.45) is 11.1 Å². The zero-order chi connectivity index (χ0) is 17.2. The average molecular weight is 340 g/mol. The minimum absolute atomic E-state index is 0.00394. The number of aromatic nitrogens is 2. The Balaban J connectivity index is 2.16. The molecule has 1 heterocycles. The van der Waals surface area contributed by atoms with Crippen LogP contribution in [0.2, 0.25) is 0 Å². The molecule has 0 bridgehead atoms. The first-order chi connectivity index (χ1) is 10.7. The van der Waals surface area contributed by atoms with Gasteiger partial charge in [-0.3, -0.25) is 4.79 Å². The summed E-state index contributed by atoms with van der Waals surface area (Å²) in [7, 11) is -2.26. The number of hydrogen-bond donors (Lipinski definition) is 4. The van der Waals surface area contributed by atoms with Gasteiger partial charge in [-0.1, -0.05) is 6.92 Å². The number of nitrogens with one attached hydrogen (secondary N) is 2. The Morgan fingerprint density at radius 1 is 1.48 bits per heavy atom. The summed E-state index contributed by atoms with van der Waals surface area (Å²) in [5, 5.41) is 17.6. The fraction of sp³-hybridized carbons (Fsp3) is 0.429. The molecule has 126 valence electrons. The van der Waals surface area contributed by atoms with Crippen LogP contribution in [0.15, 0.2) is 23.1 Å². The second-order valence-corrected chi connectivity index (χ2v) is 7.09. The van der Waals surface area contributed by atoms with Crippen LogP contribution in [0.4, 0.5) is 0 Å². The number of primary sulfonamides is 1. The maximum absolute atomic E-state index is 11.4. The Labute approximate surface area is 134 Å². The number of carbonyl (C=O) groups excluding carboxylic acids is 1. The number of carbonyl (C=O) groups is 1. The number of benzene rings is 1. The van der Waals surface area contributed by atoms with Gasteiger partial charge < -0.3 is 15.4 Å². The third kappa shape index (κ3) is 4.27. The Hall–Kier alpha value is -1.97. The molecule has 5 N–H and O–H groups in total. The van der Waals surface area contributed by atoms with Crippen LogP contribution >= 0.6 is 0 Å². The van der Waals surface area contributed by atoms with E-state index >= 15 is 0 Å². The highest BCUT2D eigenvalue weighted by Gasteiger charge is 2.19. The number of hydrogen-bond acceptors (Lipinski definition) is 5. The number of aliphatic hydroxyl groups is 1. The summed E-state index contributed by atoms with van der Waals surface area (Å²) < 4.78 is 22.7. The number of aliphatic hydroxyl groups excluding tert-OH is 1. The van der Waals surface area contributed by atoms with Crippen molar-refractivity contribution in [3.8, 4) is 0 Å². The molecule has 0 unspecified atom stereocenters. The number of amides is 1. The molecule has 1 aromatic heterocycles. The van der Waals surface area contributed by atoms with Gasteiger partial charge in [0.05, 0.1) is 28.5 Å². The van der Waals surface area contributed by atoms with Gasteiger partial charge >= 0.3 is 0 Å². The first kappa shape index (κ1) is 17.4. The predicted molar refractivity (Wildman–Crippen MR) is 85.0 cm³/mol. The summed E-state index contributed by atoms with van der Waals surface area (Å²) in [5.41, 5.74) is 1.17. The second kappa shape index (κ2) is 6.65. The molecule has 0 radical (unpaired) electrons. The topological polar surface area (TPSA) is 138 Å². The second-order valence-electron chi connectivity index (χ2n) is 5.53. The van der Waals surface area contributed by atoms with Gasteiger partial charge in [-0.15, -0.1) is 0 Å². The molecule has 0 saturated heterocycles. The average Bonchev–Trinajstić information content (AvgIpc) is 2.87. The van der Waals surface area contributed by atoms with Gasteiger partial charge in [-0.2, -0.15) is 0 Å². The van der Waals surface area contributed by atoms with Gasteiger partial charge in [0.1, 0.15) is 5.82 Å². The van der Waals surface area contributed by atoms with Gasteiger partial charge in [0.15, 0.2) is 0 Å². The third-order valence-corrected chi connectivity index (χ3v) is 4.59. The molecule has 1 aromatic carbocycles. The number of rotatable bonds is 6. The Bertz CT molecular complexity index is 815. The fourth-order valence-corrected chi connectivity index (χ4v) is 2.78. The molecule has 23 heavy (non-hydrogen) atoms. The first-order valence-corrected chi connectivity index (χ1v) is 8.65. The van der Waals surface area contributed by atoms with Crippen molar-refractivity contribution >= 4 is 27.0 Å². The summed E-state index contributed by atoms with van der Waals surface area (Å²) in [6.07, 6.45) is -0.339. The summed E-state index contributed by atoms with van der Waals surface area (Å²) in [5.74, 6) is 0.187. The number of fused-ring (bicyclic) bond motifs is 1. The van der Waals surface area contributed by atoms with Gasteiger partial charge in [0.2, 0.25) is 15.9 Å². The SMILES string of the molecule is CNC(=O)C[C@H](O)[C@H](C)Cc1nc2cc(S(N)(=O)=O)ccc2[nH]1.